The number of allylic oxidation sites excluding steroid dienone is 1. The molecule has 4 aliphatic rings. The molecule has 0 unspecified atom stereocenters. The van der Waals surface area contributed by atoms with Crippen molar-refractivity contribution < 1.29 is 18.3 Å². The highest BCUT2D eigenvalue weighted by atomic mass is 19.3. The predicted octanol–water partition coefficient (Wildman–Crippen LogP) is 5.65. The summed E-state index contributed by atoms with van der Waals surface area (Å²) in [6.07, 6.45) is 5.27. The Kier molecular flexibility index (Phi) is 5.31. The Morgan fingerprint density at radius 2 is 1.90 bits per heavy atom. The Bertz CT molecular complexity index is 814. The smallest absolute Gasteiger partial charge is 0.266 e. The zero-order valence-corrected chi connectivity index (χ0v) is 18.4. The van der Waals surface area contributed by atoms with Gasteiger partial charge in [-0.15, -0.1) is 0 Å². The summed E-state index contributed by atoms with van der Waals surface area (Å²) >= 11 is 0. The van der Waals surface area contributed by atoms with Crippen molar-refractivity contribution in [3.8, 4) is 0 Å². The number of alkyl halides is 3. The third-order valence-electron chi connectivity index (χ3n) is 9.88. The first-order valence-corrected chi connectivity index (χ1v) is 12.0. The van der Waals surface area contributed by atoms with Crippen LogP contribution < -0.4 is 0 Å². The molecule has 31 heavy (non-hydrogen) atoms. The maximum absolute atomic E-state index is 15.4. The molecule has 0 amide bonds. The van der Waals surface area contributed by atoms with Gasteiger partial charge >= 0.3 is 0 Å². The molecule has 0 radical (unpaired) electrons. The van der Waals surface area contributed by atoms with Crippen LogP contribution in [0.3, 0.4) is 0 Å². The van der Waals surface area contributed by atoms with E-state index in [9.17, 15) is 13.9 Å². The van der Waals surface area contributed by atoms with Crippen molar-refractivity contribution in [2.24, 2.45) is 40.9 Å². The normalized spacial score (nSPS) is 47.0. The standard InChI is InChI=1S/C25H35F3N2O/c1-15(14-30-11-3-10-29-30)20-4-5-21-18-12-22(26)19-13-25(31,23(27)28)9-7-17(19)16(18)6-8-24(20,21)2/h3,10-11,16-23,31H,1,4-9,12-14H2,2H3/t16-,17-,18-,19-,20-,21+,22-,24-,25-/m1/s1. The topological polar surface area (TPSA) is 38.0 Å². The molecule has 4 aliphatic carbocycles. The van der Waals surface area contributed by atoms with Gasteiger partial charge in [-0.3, -0.25) is 4.68 Å². The molecule has 172 valence electrons. The summed E-state index contributed by atoms with van der Waals surface area (Å²) in [5.74, 6) is 1.37. The second-order valence-electron chi connectivity index (χ2n) is 11.2. The number of rotatable bonds is 4. The van der Waals surface area contributed by atoms with E-state index >= 15 is 4.39 Å². The van der Waals surface area contributed by atoms with Gasteiger partial charge in [0.15, 0.2) is 0 Å². The molecule has 1 aromatic heterocycles. The lowest BCUT2D eigenvalue weighted by atomic mass is 9.48. The van der Waals surface area contributed by atoms with Gasteiger partial charge in [0.05, 0.1) is 6.54 Å². The van der Waals surface area contributed by atoms with Gasteiger partial charge in [0, 0.05) is 12.4 Å². The number of aliphatic hydroxyl groups is 1. The quantitative estimate of drug-likeness (QED) is 0.619. The van der Waals surface area contributed by atoms with Gasteiger partial charge in [0.25, 0.3) is 6.43 Å². The van der Waals surface area contributed by atoms with E-state index in [1.54, 1.807) is 6.20 Å². The van der Waals surface area contributed by atoms with Crippen molar-refractivity contribution in [1.29, 1.82) is 0 Å². The minimum atomic E-state index is -2.79. The van der Waals surface area contributed by atoms with Gasteiger partial charge < -0.3 is 5.11 Å². The molecule has 1 aromatic rings. The molecule has 5 rings (SSSR count). The van der Waals surface area contributed by atoms with E-state index in [2.05, 4.69) is 18.6 Å². The molecule has 1 N–H and O–H groups in total. The van der Waals surface area contributed by atoms with Gasteiger partial charge in [-0.1, -0.05) is 19.1 Å². The van der Waals surface area contributed by atoms with E-state index in [4.69, 9.17) is 0 Å². The lowest BCUT2D eigenvalue weighted by Crippen LogP contribution is -2.55. The molecule has 6 heteroatoms. The molecule has 0 aliphatic heterocycles. The first-order valence-electron chi connectivity index (χ1n) is 12.0. The number of aromatic nitrogens is 2. The fourth-order valence-corrected chi connectivity index (χ4v) is 8.42. The van der Waals surface area contributed by atoms with Crippen LogP contribution in [0.5, 0.6) is 0 Å². The number of halogens is 3. The lowest BCUT2D eigenvalue weighted by molar-refractivity contribution is -0.172. The highest BCUT2D eigenvalue weighted by molar-refractivity contribution is 5.16. The Morgan fingerprint density at radius 3 is 2.61 bits per heavy atom. The van der Waals surface area contributed by atoms with E-state index in [1.807, 2.05) is 16.9 Å². The van der Waals surface area contributed by atoms with E-state index in [1.165, 1.54) is 5.57 Å². The zero-order chi connectivity index (χ0) is 22.0. The van der Waals surface area contributed by atoms with E-state index in [0.717, 1.165) is 32.2 Å². The highest BCUT2D eigenvalue weighted by Gasteiger charge is 2.60. The van der Waals surface area contributed by atoms with Crippen LogP contribution in [0.4, 0.5) is 13.2 Å². The van der Waals surface area contributed by atoms with Crippen LogP contribution >= 0.6 is 0 Å². The van der Waals surface area contributed by atoms with E-state index in [0.29, 0.717) is 36.5 Å². The molecule has 4 saturated carbocycles. The number of hydrogen-bond donors (Lipinski definition) is 1. The maximum Gasteiger partial charge on any atom is 0.266 e. The average molecular weight is 437 g/mol. The summed E-state index contributed by atoms with van der Waals surface area (Å²) in [6.45, 7) is 7.55. The molecule has 0 spiro atoms. The number of nitrogens with zero attached hydrogens (tertiary/aromatic N) is 2. The van der Waals surface area contributed by atoms with Crippen LogP contribution in [0, 0.1) is 40.9 Å². The Labute approximate surface area is 183 Å². The number of fused-ring (bicyclic) bond motifs is 5. The Hall–Kier alpha value is -1.30. The summed E-state index contributed by atoms with van der Waals surface area (Å²) in [5, 5.41) is 14.7. The lowest BCUT2D eigenvalue weighted by Gasteiger charge is -2.58. The molecular weight excluding hydrogens is 401 g/mol. The molecule has 9 atom stereocenters. The second-order valence-corrected chi connectivity index (χ2v) is 11.2. The predicted molar refractivity (Wildman–Crippen MR) is 113 cm³/mol. The van der Waals surface area contributed by atoms with Crippen LogP contribution in [0.25, 0.3) is 0 Å². The van der Waals surface area contributed by atoms with Gasteiger partial charge in [-0.05, 0) is 98.4 Å². The summed E-state index contributed by atoms with van der Waals surface area (Å²) < 4.78 is 44.2. The fourth-order valence-electron chi connectivity index (χ4n) is 8.42. The van der Waals surface area contributed by atoms with E-state index in [-0.39, 0.29) is 24.2 Å². The molecule has 0 saturated heterocycles. The first-order chi connectivity index (χ1) is 14.7. The maximum atomic E-state index is 15.4. The third-order valence-corrected chi connectivity index (χ3v) is 9.88. The minimum Gasteiger partial charge on any atom is -0.384 e. The number of hydrogen-bond acceptors (Lipinski definition) is 2. The summed E-state index contributed by atoms with van der Waals surface area (Å²) in [4.78, 5) is 0. The first kappa shape index (κ1) is 21.5. The molecular formula is C25H35F3N2O. The average Bonchev–Trinajstić information content (AvgIpc) is 3.35. The Morgan fingerprint density at radius 1 is 1.16 bits per heavy atom. The minimum absolute atomic E-state index is 0.0784. The van der Waals surface area contributed by atoms with Crippen molar-refractivity contribution in [2.75, 3.05) is 0 Å². The van der Waals surface area contributed by atoms with Crippen LogP contribution in [0.15, 0.2) is 30.6 Å². The summed E-state index contributed by atoms with van der Waals surface area (Å²) in [7, 11) is 0. The molecule has 3 nitrogen and oxygen atoms in total. The molecule has 0 bridgehead atoms. The SMILES string of the molecule is C=C(Cn1cccn1)[C@H]1CC[C@H]2[C@@H]3C[C@@H](F)[C@@H]4C[C@@](O)(C(F)F)CC[C@@H]4[C@H]3CC[C@]12C. The third kappa shape index (κ3) is 3.39. The van der Waals surface area contributed by atoms with Crippen molar-refractivity contribution in [2.45, 2.75) is 83.0 Å². The van der Waals surface area contributed by atoms with Crippen molar-refractivity contribution in [3.05, 3.63) is 30.6 Å². The monoisotopic (exact) mass is 436 g/mol. The van der Waals surface area contributed by atoms with Crippen LogP contribution in [0.1, 0.15) is 58.3 Å². The van der Waals surface area contributed by atoms with Gasteiger partial charge in [0.1, 0.15) is 11.8 Å². The fraction of sp³-hybridized carbons (Fsp3) is 0.800. The van der Waals surface area contributed by atoms with Crippen LogP contribution in [-0.2, 0) is 6.54 Å². The van der Waals surface area contributed by atoms with Gasteiger partial charge in [0.2, 0.25) is 0 Å². The van der Waals surface area contributed by atoms with Crippen LogP contribution in [0.2, 0.25) is 0 Å². The largest absolute Gasteiger partial charge is 0.384 e. The molecule has 1 heterocycles. The summed E-state index contributed by atoms with van der Waals surface area (Å²) in [6, 6.07) is 1.93. The van der Waals surface area contributed by atoms with E-state index < -0.39 is 24.1 Å². The van der Waals surface area contributed by atoms with Crippen molar-refractivity contribution >= 4 is 0 Å². The van der Waals surface area contributed by atoms with Crippen molar-refractivity contribution in [3.63, 3.8) is 0 Å². The summed E-state index contributed by atoms with van der Waals surface area (Å²) in [5.41, 5.74) is -0.641. The van der Waals surface area contributed by atoms with Crippen molar-refractivity contribution in [1.82, 2.24) is 9.78 Å². The zero-order valence-electron chi connectivity index (χ0n) is 18.4. The molecule has 4 fully saturated rings. The second kappa shape index (κ2) is 7.64. The van der Waals surface area contributed by atoms with Gasteiger partial charge in [-0.2, -0.15) is 5.10 Å². The van der Waals surface area contributed by atoms with Crippen LogP contribution in [-0.4, -0.2) is 33.1 Å². The van der Waals surface area contributed by atoms with Gasteiger partial charge in [-0.25, -0.2) is 13.2 Å². The highest BCUT2D eigenvalue weighted by Crippen LogP contribution is 2.66. The molecule has 0 aromatic carbocycles. The Balaban J connectivity index is 1.34.